The first-order valence-corrected chi connectivity index (χ1v) is 10.9. The molecule has 0 atom stereocenters. The lowest BCUT2D eigenvalue weighted by molar-refractivity contribution is 0.0638. The van der Waals surface area contributed by atoms with Gasteiger partial charge in [0.15, 0.2) is 0 Å². The van der Waals surface area contributed by atoms with E-state index in [1.54, 1.807) is 0 Å². The molecule has 0 radical (unpaired) electrons. The van der Waals surface area contributed by atoms with E-state index in [9.17, 15) is 4.79 Å². The second kappa shape index (κ2) is 8.74. The van der Waals surface area contributed by atoms with Gasteiger partial charge in [-0.3, -0.25) is 9.69 Å². The van der Waals surface area contributed by atoms with E-state index < -0.39 is 0 Å². The number of benzene rings is 3. The van der Waals surface area contributed by atoms with Crippen molar-refractivity contribution >= 4 is 16.9 Å². The fourth-order valence-corrected chi connectivity index (χ4v) is 4.18. The molecule has 0 unspecified atom stereocenters. The van der Waals surface area contributed by atoms with E-state index in [-0.39, 0.29) is 5.91 Å². The molecule has 0 aliphatic carbocycles. The van der Waals surface area contributed by atoms with E-state index in [0.29, 0.717) is 0 Å². The number of amides is 1. The summed E-state index contributed by atoms with van der Waals surface area (Å²) in [5.41, 5.74) is 5.17. The number of hydrogen-bond acceptors (Lipinski definition) is 3. The highest BCUT2D eigenvalue weighted by Crippen LogP contribution is 2.20. The number of nitrogens with zero attached hydrogens (tertiary/aromatic N) is 3. The first-order chi connectivity index (χ1) is 15.3. The van der Waals surface area contributed by atoms with Gasteiger partial charge in [-0.05, 0) is 35.4 Å². The molecule has 1 saturated heterocycles. The number of nitrogens with one attached hydrogen (secondary N) is 1. The van der Waals surface area contributed by atoms with Crippen LogP contribution in [0.25, 0.3) is 22.2 Å². The molecule has 2 heterocycles. The fraction of sp³-hybridized carbons (Fsp3) is 0.231. The summed E-state index contributed by atoms with van der Waals surface area (Å²) >= 11 is 0. The molecule has 1 aliphatic heterocycles. The maximum atomic E-state index is 12.9. The Bertz CT molecular complexity index is 1130. The van der Waals surface area contributed by atoms with Crippen LogP contribution in [0.4, 0.5) is 0 Å². The Morgan fingerprint density at radius 3 is 2.23 bits per heavy atom. The maximum Gasteiger partial charge on any atom is 0.253 e. The largest absolute Gasteiger partial charge is 0.342 e. The van der Waals surface area contributed by atoms with E-state index in [1.807, 2.05) is 65.6 Å². The van der Waals surface area contributed by atoms with Crippen molar-refractivity contribution in [2.24, 2.45) is 0 Å². The van der Waals surface area contributed by atoms with Gasteiger partial charge in [0.05, 0.1) is 11.0 Å². The summed E-state index contributed by atoms with van der Waals surface area (Å²) in [6.45, 7) is 4.27. The molecule has 1 amide bonds. The number of H-pyrrole nitrogens is 1. The van der Waals surface area contributed by atoms with Crippen LogP contribution in [0.15, 0.2) is 78.9 Å². The minimum absolute atomic E-state index is 0.122. The van der Waals surface area contributed by atoms with E-state index in [4.69, 9.17) is 0 Å². The Balaban J connectivity index is 1.14. The van der Waals surface area contributed by atoms with Crippen molar-refractivity contribution in [3.63, 3.8) is 0 Å². The average Bonchev–Trinajstić information content (AvgIpc) is 3.26. The summed E-state index contributed by atoms with van der Waals surface area (Å²) in [6.07, 6.45) is 0.892. The van der Waals surface area contributed by atoms with Crippen molar-refractivity contribution in [2.75, 3.05) is 32.7 Å². The molecule has 1 fully saturated rings. The average molecular weight is 411 g/mol. The van der Waals surface area contributed by atoms with Crippen LogP contribution in [-0.2, 0) is 6.42 Å². The molecule has 4 aromatic rings. The molecule has 5 nitrogen and oxygen atoms in total. The molecule has 5 rings (SSSR count). The van der Waals surface area contributed by atoms with Gasteiger partial charge in [0, 0.05) is 44.7 Å². The number of piperazine rings is 1. The van der Waals surface area contributed by atoms with Gasteiger partial charge in [-0.25, -0.2) is 4.98 Å². The molecular weight excluding hydrogens is 384 g/mol. The lowest BCUT2D eigenvalue weighted by atomic mass is 10.0. The highest BCUT2D eigenvalue weighted by molar-refractivity contribution is 5.94. The van der Waals surface area contributed by atoms with E-state index in [2.05, 4.69) is 33.1 Å². The van der Waals surface area contributed by atoms with Gasteiger partial charge in [-0.2, -0.15) is 0 Å². The zero-order valence-corrected chi connectivity index (χ0v) is 17.5. The minimum atomic E-state index is 0.122. The Morgan fingerprint density at radius 1 is 0.806 bits per heavy atom. The number of carbonyl (C=O) groups is 1. The summed E-state index contributed by atoms with van der Waals surface area (Å²) in [5, 5.41) is 0. The van der Waals surface area contributed by atoms with Crippen LogP contribution in [-0.4, -0.2) is 58.4 Å². The van der Waals surface area contributed by atoms with Crippen LogP contribution in [0.5, 0.6) is 0 Å². The van der Waals surface area contributed by atoms with E-state index in [1.165, 1.54) is 5.56 Å². The highest BCUT2D eigenvalue weighted by Gasteiger charge is 2.22. The van der Waals surface area contributed by atoms with Crippen molar-refractivity contribution in [1.82, 2.24) is 19.8 Å². The molecule has 0 saturated carbocycles. The molecule has 0 spiro atoms. The number of fused-ring (bicyclic) bond motifs is 1. The summed E-state index contributed by atoms with van der Waals surface area (Å²) in [7, 11) is 0. The fourth-order valence-electron chi connectivity index (χ4n) is 4.18. The molecule has 1 N–H and O–H groups in total. The third-order valence-electron chi connectivity index (χ3n) is 6.00. The standard InChI is InChI=1S/C26H26N4O/c31-26(22-12-10-21(11-13-22)20-6-2-1-3-7-20)30-18-16-29(17-19-30)15-14-25-27-23-8-4-5-9-24(23)28-25/h1-13H,14-19H2,(H,27,28). The summed E-state index contributed by atoms with van der Waals surface area (Å²) in [4.78, 5) is 25.4. The van der Waals surface area contributed by atoms with Crippen LogP contribution in [0.2, 0.25) is 0 Å². The number of aromatic amines is 1. The molecule has 156 valence electrons. The van der Waals surface area contributed by atoms with Gasteiger partial charge >= 0.3 is 0 Å². The zero-order valence-electron chi connectivity index (χ0n) is 17.5. The summed E-state index contributed by atoms with van der Waals surface area (Å²) < 4.78 is 0. The van der Waals surface area contributed by atoms with Gasteiger partial charge in [0.1, 0.15) is 5.82 Å². The SMILES string of the molecule is O=C(c1ccc(-c2ccccc2)cc1)N1CCN(CCc2nc3ccccc3[nH]2)CC1. The molecule has 5 heteroatoms. The normalized spacial score (nSPS) is 14.8. The first kappa shape index (κ1) is 19.5. The van der Waals surface area contributed by atoms with Crippen molar-refractivity contribution in [2.45, 2.75) is 6.42 Å². The Morgan fingerprint density at radius 2 is 1.48 bits per heavy atom. The monoisotopic (exact) mass is 410 g/mol. The lowest BCUT2D eigenvalue weighted by Crippen LogP contribution is -2.49. The maximum absolute atomic E-state index is 12.9. The third-order valence-corrected chi connectivity index (χ3v) is 6.00. The molecule has 1 aromatic heterocycles. The topological polar surface area (TPSA) is 52.2 Å². The van der Waals surface area contributed by atoms with E-state index in [0.717, 1.165) is 67.1 Å². The molecule has 1 aliphatic rings. The summed E-state index contributed by atoms with van der Waals surface area (Å²) in [6, 6.07) is 26.3. The van der Waals surface area contributed by atoms with Gasteiger partial charge in [0.2, 0.25) is 0 Å². The minimum Gasteiger partial charge on any atom is -0.342 e. The number of carbonyl (C=O) groups excluding carboxylic acids is 1. The summed E-state index contributed by atoms with van der Waals surface area (Å²) in [5.74, 6) is 1.15. The van der Waals surface area contributed by atoms with Crippen molar-refractivity contribution in [3.8, 4) is 11.1 Å². The highest BCUT2D eigenvalue weighted by atomic mass is 16.2. The lowest BCUT2D eigenvalue weighted by Gasteiger charge is -2.34. The number of imidazole rings is 1. The van der Waals surface area contributed by atoms with Gasteiger partial charge < -0.3 is 9.88 Å². The quantitative estimate of drug-likeness (QED) is 0.536. The Hall–Kier alpha value is -3.44. The molecule has 31 heavy (non-hydrogen) atoms. The Kier molecular flexibility index (Phi) is 5.50. The predicted molar refractivity (Wildman–Crippen MR) is 124 cm³/mol. The zero-order chi connectivity index (χ0) is 21.0. The van der Waals surface area contributed by atoms with Crippen molar-refractivity contribution in [1.29, 1.82) is 0 Å². The van der Waals surface area contributed by atoms with Gasteiger partial charge in [-0.15, -0.1) is 0 Å². The number of para-hydroxylation sites is 2. The first-order valence-electron chi connectivity index (χ1n) is 10.9. The number of hydrogen-bond donors (Lipinski definition) is 1. The van der Waals surface area contributed by atoms with Crippen LogP contribution in [0, 0.1) is 0 Å². The van der Waals surface area contributed by atoms with Crippen LogP contribution in [0.1, 0.15) is 16.2 Å². The molecular formula is C26H26N4O. The van der Waals surface area contributed by atoms with Gasteiger partial charge in [-0.1, -0.05) is 54.6 Å². The Labute approximate surface area is 182 Å². The van der Waals surface area contributed by atoms with Crippen LogP contribution in [0.3, 0.4) is 0 Å². The number of rotatable bonds is 5. The van der Waals surface area contributed by atoms with Crippen molar-refractivity contribution in [3.05, 3.63) is 90.3 Å². The second-order valence-corrected chi connectivity index (χ2v) is 8.03. The molecule has 3 aromatic carbocycles. The second-order valence-electron chi connectivity index (χ2n) is 8.03. The van der Waals surface area contributed by atoms with Crippen LogP contribution >= 0.6 is 0 Å². The van der Waals surface area contributed by atoms with Crippen molar-refractivity contribution < 1.29 is 4.79 Å². The third kappa shape index (κ3) is 4.37. The van der Waals surface area contributed by atoms with Crippen LogP contribution < -0.4 is 0 Å². The predicted octanol–water partition coefficient (Wildman–Crippen LogP) is 4.23. The van der Waals surface area contributed by atoms with Gasteiger partial charge in [0.25, 0.3) is 5.91 Å². The molecule has 0 bridgehead atoms. The smallest absolute Gasteiger partial charge is 0.253 e. The number of aromatic nitrogens is 2. The van der Waals surface area contributed by atoms with E-state index >= 15 is 0 Å².